The van der Waals surface area contributed by atoms with Crippen LogP contribution in [0.2, 0.25) is 10.0 Å². The predicted octanol–water partition coefficient (Wildman–Crippen LogP) is 7.30. The van der Waals surface area contributed by atoms with Crippen LogP contribution in [0.15, 0.2) is 83.3 Å². The Morgan fingerprint density at radius 2 is 1.67 bits per heavy atom. The van der Waals surface area contributed by atoms with E-state index >= 15 is 0 Å². The Morgan fingerprint density at radius 3 is 2.52 bits per heavy atom. The molecule has 4 heteroatoms. The summed E-state index contributed by atoms with van der Waals surface area (Å²) in [6, 6.07) is 22.6. The topological polar surface area (TPSA) is 30.2 Å². The Hall–Kier alpha value is -2.81. The summed E-state index contributed by atoms with van der Waals surface area (Å²) in [4.78, 5) is 12.5. The molecule has 0 aliphatic carbocycles. The summed E-state index contributed by atoms with van der Waals surface area (Å²) < 4.78 is 5.78. The first-order chi connectivity index (χ1) is 13.1. The van der Waals surface area contributed by atoms with Crippen molar-refractivity contribution in [2.45, 2.75) is 0 Å². The summed E-state index contributed by atoms with van der Waals surface area (Å²) in [7, 11) is 0. The van der Waals surface area contributed by atoms with Crippen molar-refractivity contribution >= 4 is 45.8 Å². The first kappa shape index (κ1) is 17.6. The molecule has 1 heterocycles. The molecule has 0 radical (unpaired) electrons. The van der Waals surface area contributed by atoms with Crippen LogP contribution in [0.4, 0.5) is 0 Å². The zero-order valence-corrected chi connectivity index (χ0v) is 15.7. The highest BCUT2D eigenvalue weighted by atomic mass is 35.5. The van der Waals surface area contributed by atoms with Gasteiger partial charge in [-0.05, 0) is 53.3 Å². The summed E-state index contributed by atoms with van der Waals surface area (Å²) in [5.41, 5.74) is 1.35. The fourth-order valence-corrected chi connectivity index (χ4v) is 3.27. The van der Waals surface area contributed by atoms with E-state index in [1.165, 1.54) is 6.08 Å². The van der Waals surface area contributed by atoms with Gasteiger partial charge in [0.2, 0.25) is 0 Å². The molecule has 1 aromatic heterocycles. The molecule has 0 unspecified atom stereocenters. The minimum Gasteiger partial charge on any atom is -0.457 e. The molecule has 0 fully saturated rings. The number of hydrogen-bond donors (Lipinski definition) is 0. The number of fused-ring (bicyclic) bond motifs is 1. The Labute approximate surface area is 166 Å². The normalized spacial score (nSPS) is 11.3. The van der Waals surface area contributed by atoms with Gasteiger partial charge in [-0.2, -0.15) is 0 Å². The quantitative estimate of drug-likeness (QED) is 0.269. The molecule has 132 valence electrons. The first-order valence-electron chi connectivity index (χ1n) is 8.37. The second kappa shape index (κ2) is 7.43. The second-order valence-electron chi connectivity index (χ2n) is 6.06. The fourth-order valence-electron chi connectivity index (χ4n) is 2.88. The number of benzene rings is 3. The number of ketones is 1. The molecule has 0 N–H and O–H groups in total. The molecule has 2 nitrogen and oxygen atoms in total. The third-order valence-corrected chi connectivity index (χ3v) is 5.10. The van der Waals surface area contributed by atoms with E-state index in [1.54, 1.807) is 24.3 Å². The zero-order valence-electron chi connectivity index (χ0n) is 14.2. The predicted molar refractivity (Wildman–Crippen MR) is 111 cm³/mol. The Bertz CT molecular complexity index is 1170. The van der Waals surface area contributed by atoms with Gasteiger partial charge in [0.1, 0.15) is 11.5 Å². The van der Waals surface area contributed by atoms with Crippen molar-refractivity contribution < 1.29 is 9.21 Å². The van der Waals surface area contributed by atoms with Gasteiger partial charge in [0.25, 0.3) is 0 Å². The van der Waals surface area contributed by atoms with Gasteiger partial charge in [0.15, 0.2) is 5.78 Å². The van der Waals surface area contributed by atoms with Gasteiger partial charge in [-0.3, -0.25) is 4.79 Å². The van der Waals surface area contributed by atoms with Crippen LogP contribution in [-0.4, -0.2) is 5.78 Å². The lowest BCUT2D eigenvalue weighted by molar-refractivity contribution is 0.104. The maximum Gasteiger partial charge on any atom is 0.185 e. The third kappa shape index (κ3) is 3.68. The molecule has 0 aliphatic heterocycles. The van der Waals surface area contributed by atoms with Crippen LogP contribution in [0.5, 0.6) is 0 Å². The fraction of sp³-hybridized carbons (Fsp3) is 0. The average Bonchev–Trinajstić information content (AvgIpc) is 3.16. The van der Waals surface area contributed by atoms with Gasteiger partial charge in [-0.15, -0.1) is 0 Å². The smallest absolute Gasteiger partial charge is 0.185 e. The second-order valence-corrected chi connectivity index (χ2v) is 6.85. The van der Waals surface area contributed by atoms with Crippen molar-refractivity contribution in [3.63, 3.8) is 0 Å². The van der Waals surface area contributed by atoms with Crippen molar-refractivity contribution in [2.24, 2.45) is 0 Å². The van der Waals surface area contributed by atoms with Gasteiger partial charge in [0, 0.05) is 11.1 Å². The number of furan rings is 1. The first-order valence-corrected chi connectivity index (χ1v) is 9.13. The maximum atomic E-state index is 12.5. The molecule has 27 heavy (non-hydrogen) atoms. The minimum atomic E-state index is -0.0838. The van der Waals surface area contributed by atoms with E-state index in [9.17, 15) is 4.79 Å². The number of allylic oxidation sites excluding steroid dienone is 1. The Balaban J connectivity index is 1.56. The van der Waals surface area contributed by atoms with Gasteiger partial charge >= 0.3 is 0 Å². The van der Waals surface area contributed by atoms with E-state index in [0.29, 0.717) is 32.7 Å². The highest BCUT2D eigenvalue weighted by molar-refractivity contribution is 6.43. The number of halogens is 2. The molecule has 0 spiro atoms. The molecule has 3 aromatic carbocycles. The molecule has 0 bridgehead atoms. The highest BCUT2D eigenvalue weighted by Gasteiger charge is 2.10. The number of rotatable bonds is 4. The zero-order chi connectivity index (χ0) is 18.8. The van der Waals surface area contributed by atoms with Gasteiger partial charge in [-0.25, -0.2) is 0 Å². The summed E-state index contributed by atoms with van der Waals surface area (Å²) >= 11 is 12.3. The number of carbonyl (C=O) groups excluding carboxylic acids is 1. The standard InChI is InChI=1S/C23H14Cl2O2/c24-20-7-3-6-19(23(20)25)22-13-11-18(27-22)10-12-21(26)17-9-8-15-4-1-2-5-16(15)14-17/h1-14H. The third-order valence-electron chi connectivity index (χ3n) is 4.28. The van der Waals surface area contributed by atoms with Crippen molar-refractivity contribution in [3.8, 4) is 11.3 Å². The molecule has 0 saturated heterocycles. The van der Waals surface area contributed by atoms with Gasteiger partial charge < -0.3 is 4.42 Å². The van der Waals surface area contributed by atoms with E-state index in [0.717, 1.165) is 10.8 Å². The van der Waals surface area contributed by atoms with E-state index in [2.05, 4.69) is 0 Å². The minimum absolute atomic E-state index is 0.0838. The molecule has 4 aromatic rings. The number of hydrogen-bond acceptors (Lipinski definition) is 2. The van der Waals surface area contributed by atoms with Crippen LogP contribution in [0, 0.1) is 0 Å². The molecular formula is C23H14Cl2O2. The molecule has 0 aliphatic rings. The van der Waals surface area contributed by atoms with Gasteiger partial charge in [-0.1, -0.05) is 65.7 Å². The molecule has 0 atom stereocenters. The number of carbonyl (C=O) groups is 1. The van der Waals surface area contributed by atoms with Crippen LogP contribution in [0.3, 0.4) is 0 Å². The van der Waals surface area contributed by atoms with Crippen LogP contribution in [0.1, 0.15) is 16.1 Å². The summed E-state index contributed by atoms with van der Waals surface area (Å²) in [6.07, 6.45) is 3.16. The summed E-state index contributed by atoms with van der Waals surface area (Å²) in [6.45, 7) is 0. The van der Waals surface area contributed by atoms with E-state index < -0.39 is 0 Å². The Kier molecular flexibility index (Phi) is 4.85. The van der Waals surface area contributed by atoms with Crippen molar-refractivity contribution in [2.75, 3.05) is 0 Å². The maximum absolute atomic E-state index is 12.5. The monoisotopic (exact) mass is 392 g/mol. The largest absolute Gasteiger partial charge is 0.457 e. The van der Waals surface area contributed by atoms with E-state index in [-0.39, 0.29) is 5.78 Å². The van der Waals surface area contributed by atoms with Crippen LogP contribution < -0.4 is 0 Å². The van der Waals surface area contributed by atoms with Crippen molar-refractivity contribution in [1.82, 2.24) is 0 Å². The van der Waals surface area contributed by atoms with Gasteiger partial charge in [0.05, 0.1) is 10.0 Å². The average molecular weight is 393 g/mol. The van der Waals surface area contributed by atoms with Crippen LogP contribution in [-0.2, 0) is 0 Å². The molecule has 0 saturated carbocycles. The lowest BCUT2D eigenvalue weighted by atomic mass is 10.0. The Morgan fingerprint density at radius 1 is 0.852 bits per heavy atom. The molecule has 0 amide bonds. The molecule has 4 rings (SSSR count). The summed E-state index contributed by atoms with van der Waals surface area (Å²) in [5.74, 6) is 1.08. The van der Waals surface area contributed by atoms with E-state index in [1.807, 2.05) is 54.6 Å². The van der Waals surface area contributed by atoms with Crippen LogP contribution in [0.25, 0.3) is 28.2 Å². The van der Waals surface area contributed by atoms with Crippen molar-refractivity contribution in [1.29, 1.82) is 0 Å². The highest BCUT2D eigenvalue weighted by Crippen LogP contribution is 2.34. The van der Waals surface area contributed by atoms with Crippen LogP contribution >= 0.6 is 23.2 Å². The summed E-state index contributed by atoms with van der Waals surface area (Å²) in [5, 5.41) is 3.05. The lowest BCUT2D eigenvalue weighted by Gasteiger charge is -2.02. The van der Waals surface area contributed by atoms with Crippen molar-refractivity contribution in [3.05, 3.63) is 100 Å². The SMILES string of the molecule is O=C(C=Cc1ccc(-c2cccc(Cl)c2Cl)o1)c1ccc2ccccc2c1. The van der Waals surface area contributed by atoms with E-state index in [4.69, 9.17) is 27.6 Å². The lowest BCUT2D eigenvalue weighted by Crippen LogP contribution is -1.93. The molecular weight excluding hydrogens is 379 g/mol.